The number of rotatable bonds is 9. The Hall–Kier alpha value is -1.24. The molecule has 2 rings (SSSR count). The van der Waals surface area contributed by atoms with Gasteiger partial charge in [0.05, 0.1) is 19.3 Å². The maximum atomic E-state index is 6.03. The Balaban J connectivity index is 1.88. The minimum Gasteiger partial charge on any atom is -0.381 e. The molecular formula is C21H35N3O2S. The van der Waals surface area contributed by atoms with Gasteiger partial charge in [0.15, 0.2) is 5.96 Å². The highest BCUT2D eigenvalue weighted by atomic mass is 32.2. The molecule has 1 aliphatic heterocycles. The van der Waals surface area contributed by atoms with E-state index >= 15 is 0 Å². The summed E-state index contributed by atoms with van der Waals surface area (Å²) in [7, 11) is 0. The molecule has 152 valence electrons. The summed E-state index contributed by atoms with van der Waals surface area (Å²) in [5.74, 6) is 0.864. The predicted molar refractivity (Wildman–Crippen MR) is 115 cm³/mol. The van der Waals surface area contributed by atoms with Gasteiger partial charge in [-0.2, -0.15) is 11.8 Å². The van der Waals surface area contributed by atoms with Gasteiger partial charge in [0.25, 0.3) is 0 Å². The standard InChI is InChI=1S/C21H35N3O2S/c1-5-22-20(24-16-21(2,3)27-4)23-14-17-7-6-8-18(13-17)15-26-19-9-11-25-12-10-19/h6-8,13,19H,5,9-12,14-16H2,1-4H3,(H2,22,23,24). The van der Waals surface area contributed by atoms with Gasteiger partial charge in [-0.3, -0.25) is 0 Å². The van der Waals surface area contributed by atoms with Gasteiger partial charge in [0.2, 0.25) is 0 Å². The van der Waals surface area contributed by atoms with Gasteiger partial charge in [-0.1, -0.05) is 24.3 Å². The molecule has 0 radical (unpaired) electrons. The largest absolute Gasteiger partial charge is 0.381 e. The van der Waals surface area contributed by atoms with Gasteiger partial charge in [-0.15, -0.1) is 0 Å². The SMILES string of the molecule is CCNC(=NCc1cccc(COC2CCOCC2)c1)NCC(C)(C)SC. The molecule has 0 aliphatic carbocycles. The van der Waals surface area contributed by atoms with Crippen LogP contribution in [-0.2, 0) is 22.6 Å². The normalized spacial score (nSPS) is 16.4. The summed E-state index contributed by atoms with van der Waals surface area (Å²) >= 11 is 1.85. The van der Waals surface area contributed by atoms with Crippen LogP contribution in [0, 0.1) is 0 Å². The number of hydrogen-bond donors (Lipinski definition) is 2. The van der Waals surface area contributed by atoms with Crippen molar-refractivity contribution in [1.82, 2.24) is 10.6 Å². The summed E-state index contributed by atoms with van der Waals surface area (Å²) in [5, 5.41) is 6.77. The summed E-state index contributed by atoms with van der Waals surface area (Å²) < 4.78 is 11.6. The van der Waals surface area contributed by atoms with E-state index < -0.39 is 0 Å². The summed E-state index contributed by atoms with van der Waals surface area (Å²) in [6, 6.07) is 8.52. The highest BCUT2D eigenvalue weighted by molar-refractivity contribution is 7.99. The Morgan fingerprint density at radius 2 is 2.00 bits per heavy atom. The molecule has 0 spiro atoms. The molecule has 5 nitrogen and oxygen atoms in total. The van der Waals surface area contributed by atoms with E-state index in [0.717, 1.165) is 45.1 Å². The molecule has 1 heterocycles. The van der Waals surface area contributed by atoms with E-state index in [4.69, 9.17) is 14.5 Å². The zero-order valence-electron chi connectivity index (χ0n) is 17.2. The van der Waals surface area contributed by atoms with Gasteiger partial charge < -0.3 is 20.1 Å². The van der Waals surface area contributed by atoms with Crippen LogP contribution in [0.3, 0.4) is 0 Å². The van der Waals surface area contributed by atoms with E-state index in [2.05, 4.69) is 61.9 Å². The Labute approximate surface area is 168 Å². The average molecular weight is 394 g/mol. The maximum absolute atomic E-state index is 6.03. The number of ether oxygens (including phenoxy) is 2. The van der Waals surface area contributed by atoms with Crippen molar-refractivity contribution in [2.75, 3.05) is 32.6 Å². The Kier molecular flexibility index (Phi) is 9.45. The van der Waals surface area contributed by atoms with Crippen LogP contribution in [0.5, 0.6) is 0 Å². The summed E-state index contributed by atoms with van der Waals surface area (Å²) in [6.07, 6.45) is 4.45. The Morgan fingerprint density at radius 1 is 1.26 bits per heavy atom. The van der Waals surface area contributed by atoms with E-state index in [9.17, 15) is 0 Å². The molecule has 1 aromatic carbocycles. The van der Waals surface area contributed by atoms with Gasteiger partial charge in [-0.05, 0) is 51.0 Å². The fraction of sp³-hybridized carbons (Fsp3) is 0.667. The zero-order valence-corrected chi connectivity index (χ0v) is 18.0. The van der Waals surface area contributed by atoms with E-state index in [-0.39, 0.29) is 4.75 Å². The van der Waals surface area contributed by atoms with E-state index in [1.54, 1.807) is 0 Å². The van der Waals surface area contributed by atoms with E-state index in [1.807, 2.05) is 11.8 Å². The van der Waals surface area contributed by atoms with Crippen molar-refractivity contribution < 1.29 is 9.47 Å². The molecule has 0 aromatic heterocycles. The maximum Gasteiger partial charge on any atom is 0.191 e. The third-order valence-electron chi connectivity index (χ3n) is 4.64. The van der Waals surface area contributed by atoms with Crippen molar-refractivity contribution in [2.45, 2.75) is 57.6 Å². The summed E-state index contributed by atoms with van der Waals surface area (Å²) in [6.45, 7) is 11.2. The lowest BCUT2D eigenvalue weighted by Gasteiger charge is -2.23. The van der Waals surface area contributed by atoms with Crippen LogP contribution in [0.1, 0.15) is 44.7 Å². The molecular weight excluding hydrogens is 358 g/mol. The Bertz CT molecular complexity index is 587. The molecule has 0 bridgehead atoms. The van der Waals surface area contributed by atoms with Crippen LogP contribution in [0.25, 0.3) is 0 Å². The van der Waals surface area contributed by atoms with Crippen LogP contribution in [0.15, 0.2) is 29.3 Å². The first-order valence-corrected chi connectivity index (χ1v) is 11.1. The van der Waals surface area contributed by atoms with Gasteiger partial charge in [0.1, 0.15) is 0 Å². The number of nitrogens with zero attached hydrogens (tertiary/aromatic N) is 1. The quantitative estimate of drug-likeness (QED) is 0.496. The number of thioether (sulfide) groups is 1. The molecule has 27 heavy (non-hydrogen) atoms. The number of benzene rings is 1. The fourth-order valence-corrected chi connectivity index (χ4v) is 2.97. The second-order valence-corrected chi connectivity index (χ2v) is 8.97. The number of hydrogen-bond acceptors (Lipinski definition) is 4. The molecule has 2 N–H and O–H groups in total. The minimum absolute atomic E-state index is 0.178. The molecule has 0 atom stereocenters. The van der Waals surface area contributed by atoms with Crippen molar-refractivity contribution in [3.05, 3.63) is 35.4 Å². The molecule has 1 aromatic rings. The average Bonchev–Trinajstić information content (AvgIpc) is 2.70. The van der Waals surface area contributed by atoms with Gasteiger partial charge >= 0.3 is 0 Å². The Morgan fingerprint density at radius 3 is 2.70 bits per heavy atom. The van der Waals surface area contributed by atoms with E-state index in [1.165, 1.54) is 11.1 Å². The molecule has 6 heteroatoms. The molecule has 0 amide bonds. The van der Waals surface area contributed by atoms with Gasteiger partial charge in [0, 0.05) is 31.1 Å². The van der Waals surface area contributed by atoms with Crippen molar-refractivity contribution in [2.24, 2.45) is 4.99 Å². The van der Waals surface area contributed by atoms with Crippen LogP contribution >= 0.6 is 11.8 Å². The van der Waals surface area contributed by atoms with Crippen molar-refractivity contribution in [3.63, 3.8) is 0 Å². The molecule has 1 fully saturated rings. The zero-order chi connectivity index (χ0) is 19.5. The van der Waals surface area contributed by atoms with E-state index in [0.29, 0.717) is 19.3 Å². The second kappa shape index (κ2) is 11.6. The molecule has 1 aliphatic rings. The van der Waals surface area contributed by atoms with Crippen LogP contribution in [-0.4, -0.2) is 49.4 Å². The van der Waals surface area contributed by atoms with Crippen molar-refractivity contribution in [1.29, 1.82) is 0 Å². The van der Waals surface area contributed by atoms with Crippen molar-refractivity contribution >= 4 is 17.7 Å². The topological polar surface area (TPSA) is 54.9 Å². The number of nitrogens with one attached hydrogen (secondary N) is 2. The number of aliphatic imine (C=N–C) groups is 1. The summed E-state index contributed by atoms with van der Waals surface area (Å²) in [4.78, 5) is 4.74. The second-order valence-electron chi connectivity index (χ2n) is 7.46. The molecule has 0 unspecified atom stereocenters. The highest BCUT2D eigenvalue weighted by Gasteiger charge is 2.16. The molecule has 0 saturated carbocycles. The van der Waals surface area contributed by atoms with Crippen LogP contribution in [0.4, 0.5) is 0 Å². The fourth-order valence-electron chi connectivity index (χ4n) is 2.76. The predicted octanol–water partition coefficient (Wildman–Crippen LogP) is 3.58. The smallest absolute Gasteiger partial charge is 0.191 e. The lowest BCUT2D eigenvalue weighted by atomic mass is 10.1. The lowest BCUT2D eigenvalue weighted by molar-refractivity contribution is -0.0390. The van der Waals surface area contributed by atoms with Crippen molar-refractivity contribution in [3.8, 4) is 0 Å². The molecule has 1 saturated heterocycles. The van der Waals surface area contributed by atoms with Crippen LogP contribution in [0.2, 0.25) is 0 Å². The minimum atomic E-state index is 0.178. The summed E-state index contributed by atoms with van der Waals surface area (Å²) in [5.41, 5.74) is 2.40. The first-order valence-electron chi connectivity index (χ1n) is 9.87. The highest BCUT2D eigenvalue weighted by Crippen LogP contribution is 2.19. The van der Waals surface area contributed by atoms with Gasteiger partial charge in [-0.25, -0.2) is 4.99 Å². The van der Waals surface area contributed by atoms with Crippen LogP contribution < -0.4 is 10.6 Å². The number of guanidine groups is 1. The first-order chi connectivity index (χ1) is 13.0. The lowest BCUT2D eigenvalue weighted by Crippen LogP contribution is -2.43. The first kappa shape index (κ1) is 22.1. The monoisotopic (exact) mass is 393 g/mol. The third-order valence-corrected chi connectivity index (χ3v) is 5.89. The third kappa shape index (κ3) is 8.54.